The molecular weight excluding hydrogens is 252 g/mol. The Kier molecular flexibility index (Phi) is 5.53. The molecule has 0 spiro atoms. The van der Waals surface area contributed by atoms with Crippen LogP contribution >= 0.6 is 0 Å². The van der Waals surface area contributed by atoms with E-state index in [-0.39, 0.29) is 25.2 Å². The van der Waals surface area contributed by atoms with Crippen LogP contribution in [0, 0.1) is 0 Å². The number of carboxylic acid groups (broad SMARTS) is 1. The van der Waals surface area contributed by atoms with Crippen molar-refractivity contribution in [1.82, 2.24) is 0 Å². The average Bonchev–Trinajstić information content (AvgIpc) is 2.42. The van der Waals surface area contributed by atoms with Gasteiger partial charge in [-0.05, 0) is 24.3 Å². The predicted molar refractivity (Wildman–Crippen MR) is 65.2 cm³/mol. The maximum atomic E-state index is 11.6. The molecule has 1 aromatic rings. The minimum atomic E-state index is -1.01. The molecule has 0 amide bonds. The smallest absolute Gasteiger partial charge is 0.343 e. The van der Waals surface area contributed by atoms with Gasteiger partial charge in [-0.1, -0.05) is 0 Å². The highest BCUT2D eigenvalue weighted by Crippen LogP contribution is 2.14. The fourth-order valence-corrected chi connectivity index (χ4v) is 1.30. The van der Waals surface area contributed by atoms with Crippen molar-refractivity contribution < 1.29 is 29.0 Å². The summed E-state index contributed by atoms with van der Waals surface area (Å²) in [5.74, 6) is -1.32. The van der Waals surface area contributed by atoms with E-state index < -0.39 is 11.9 Å². The van der Waals surface area contributed by atoms with E-state index >= 15 is 0 Å². The molecule has 6 nitrogen and oxygen atoms in total. The second kappa shape index (κ2) is 7.15. The van der Waals surface area contributed by atoms with Gasteiger partial charge in [-0.3, -0.25) is 9.59 Å². The number of ketones is 1. The lowest BCUT2D eigenvalue weighted by molar-refractivity contribution is -0.143. The van der Waals surface area contributed by atoms with E-state index in [2.05, 4.69) is 4.74 Å². The molecule has 0 aliphatic heterocycles. The van der Waals surface area contributed by atoms with Crippen LogP contribution in [0.3, 0.4) is 0 Å². The Morgan fingerprint density at radius 3 is 2.26 bits per heavy atom. The number of Topliss-reactive ketones (excluding diaryl/α,β-unsaturated/α-hetero) is 1. The van der Waals surface area contributed by atoms with Gasteiger partial charge < -0.3 is 14.6 Å². The molecule has 0 aliphatic carbocycles. The van der Waals surface area contributed by atoms with Gasteiger partial charge in [0.25, 0.3) is 0 Å². The maximum absolute atomic E-state index is 11.6. The average molecular weight is 266 g/mol. The van der Waals surface area contributed by atoms with Crippen molar-refractivity contribution in [3.8, 4) is 5.75 Å². The van der Waals surface area contributed by atoms with Crippen molar-refractivity contribution in [1.29, 1.82) is 0 Å². The fraction of sp³-hybridized carbons (Fsp3) is 0.308. The van der Waals surface area contributed by atoms with E-state index in [1.54, 1.807) is 0 Å². The third-order valence-corrected chi connectivity index (χ3v) is 2.33. The summed E-state index contributed by atoms with van der Waals surface area (Å²) < 4.78 is 9.53. The van der Waals surface area contributed by atoms with E-state index in [0.29, 0.717) is 11.3 Å². The van der Waals surface area contributed by atoms with Gasteiger partial charge in [-0.2, -0.15) is 0 Å². The number of aliphatic carboxylic acids is 1. The van der Waals surface area contributed by atoms with Crippen LogP contribution in [0.5, 0.6) is 5.75 Å². The maximum Gasteiger partial charge on any atom is 0.343 e. The quantitative estimate of drug-likeness (QED) is 0.590. The third kappa shape index (κ3) is 5.20. The molecule has 0 fully saturated rings. The Morgan fingerprint density at radius 1 is 1.11 bits per heavy atom. The van der Waals surface area contributed by atoms with Crippen molar-refractivity contribution in [2.45, 2.75) is 12.8 Å². The van der Waals surface area contributed by atoms with Gasteiger partial charge in [0.05, 0.1) is 13.5 Å². The molecule has 1 aromatic carbocycles. The minimum absolute atomic E-state index is 0.0440. The van der Waals surface area contributed by atoms with Crippen LogP contribution < -0.4 is 4.74 Å². The summed E-state index contributed by atoms with van der Waals surface area (Å²) >= 11 is 0. The van der Waals surface area contributed by atoms with Gasteiger partial charge in [0.2, 0.25) is 0 Å². The number of ether oxygens (including phenoxy) is 2. The van der Waals surface area contributed by atoms with Gasteiger partial charge >= 0.3 is 11.9 Å². The van der Waals surface area contributed by atoms with Crippen molar-refractivity contribution in [2.75, 3.05) is 13.7 Å². The predicted octanol–water partition coefficient (Wildman–Crippen LogP) is 1.29. The summed E-state index contributed by atoms with van der Waals surface area (Å²) in [7, 11) is 1.26. The first-order valence-corrected chi connectivity index (χ1v) is 5.57. The van der Waals surface area contributed by atoms with Gasteiger partial charge in [0.1, 0.15) is 5.75 Å². The lowest BCUT2D eigenvalue weighted by atomic mass is 10.1. The Labute approximate surface area is 109 Å². The van der Waals surface area contributed by atoms with Crippen molar-refractivity contribution in [2.24, 2.45) is 0 Å². The summed E-state index contributed by atoms with van der Waals surface area (Å²) in [6.45, 7) is -0.206. The molecular formula is C13H14O6. The molecule has 0 unspecified atom stereocenters. The molecule has 0 aliphatic rings. The molecule has 0 atom stereocenters. The van der Waals surface area contributed by atoms with Crippen molar-refractivity contribution >= 4 is 17.7 Å². The SMILES string of the molecule is COC(=O)COc1ccc(C(=O)CCC(=O)O)cc1. The summed E-state index contributed by atoms with van der Waals surface area (Å²) in [6.07, 6.45) is -0.239. The second-order valence-corrected chi connectivity index (χ2v) is 3.71. The number of carboxylic acids is 1. The molecule has 102 valence electrons. The van der Waals surface area contributed by atoms with E-state index in [0.717, 1.165) is 0 Å². The van der Waals surface area contributed by atoms with Gasteiger partial charge in [-0.25, -0.2) is 4.79 Å². The monoisotopic (exact) mass is 266 g/mol. The summed E-state index contributed by atoms with van der Waals surface area (Å²) in [4.78, 5) is 32.8. The van der Waals surface area contributed by atoms with Gasteiger partial charge in [0.15, 0.2) is 12.4 Å². The van der Waals surface area contributed by atoms with Crippen LogP contribution in [0.4, 0.5) is 0 Å². The Hall–Kier alpha value is -2.37. The van der Waals surface area contributed by atoms with Crippen LogP contribution in [-0.4, -0.2) is 36.5 Å². The molecule has 1 rings (SSSR count). The van der Waals surface area contributed by atoms with E-state index in [1.807, 2.05) is 0 Å². The number of hydrogen-bond acceptors (Lipinski definition) is 5. The highest BCUT2D eigenvalue weighted by Gasteiger charge is 2.09. The zero-order valence-corrected chi connectivity index (χ0v) is 10.4. The van der Waals surface area contributed by atoms with Crippen LogP contribution in [0.2, 0.25) is 0 Å². The molecule has 6 heteroatoms. The van der Waals surface area contributed by atoms with E-state index in [4.69, 9.17) is 9.84 Å². The lowest BCUT2D eigenvalue weighted by Gasteiger charge is -2.05. The Balaban J connectivity index is 2.53. The number of methoxy groups -OCH3 is 1. The second-order valence-electron chi connectivity index (χ2n) is 3.71. The van der Waals surface area contributed by atoms with Crippen LogP contribution in [-0.2, 0) is 14.3 Å². The molecule has 19 heavy (non-hydrogen) atoms. The van der Waals surface area contributed by atoms with Crippen molar-refractivity contribution in [3.05, 3.63) is 29.8 Å². The molecule has 0 saturated heterocycles. The standard InChI is InChI=1S/C13H14O6/c1-18-13(17)8-19-10-4-2-9(3-5-10)11(14)6-7-12(15)16/h2-5H,6-8H2,1H3,(H,15,16). The van der Waals surface area contributed by atoms with Crippen molar-refractivity contribution in [3.63, 3.8) is 0 Å². The molecule has 0 saturated carbocycles. The fourth-order valence-electron chi connectivity index (χ4n) is 1.30. The summed E-state index contributed by atoms with van der Waals surface area (Å²) in [6, 6.07) is 6.13. The zero-order chi connectivity index (χ0) is 14.3. The van der Waals surface area contributed by atoms with Gasteiger partial charge in [-0.15, -0.1) is 0 Å². The van der Waals surface area contributed by atoms with Gasteiger partial charge in [0, 0.05) is 12.0 Å². The molecule has 0 aromatic heterocycles. The normalized spacial score (nSPS) is 9.74. The summed E-state index contributed by atoms with van der Waals surface area (Å²) in [5.41, 5.74) is 0.409. The highest BCUT2D eigenvalue weighted by atomic mass is 16.6. The first-order valence-electron chi connectivity index (χ1n) is 5.57. The van der Waals surface area contributed by atoms with Crippen LogP contribution in [0.15, 0.2) is 24.3 Å². The zero-order valence-electron chi connectivity index (χ0n) is 10.4. The number of carbonyl (C=O) groups is 3. The van der Waals surface area contributed by atoms with Crippen LogP contribution in [0.1, 0.15) is 23.2 Å². The number of rotatable bonds is 7. The molecule has 0 radical (unpaired) electrons. The third-order valence-electron chi connectivity index (χ3n) is 2.33. The van der Waals surface area contributed by atoms with Crippen LogP contribution in [0.25, 0.3) is 0 Å². The summed E-state index contributed by atoms with van der Waals surface area (Å²) in [5, 5.41) is 8.48. The molecule has 0 heterocycles. The Morgan fingerprint density at radius 2 is 1.74 bits per heavy atom. The number of carbonyl (C=O) groups excluding carboxylic acids is 2. The topological polar surface area (TPSA) is 89.9 Å². The molecule has 0 bridgehead atoms. The minimum Gasteiger partial charge on any atom is -0.482 e. The number of hydrogen-bond donors (Lipinski definition) is 1. The number of esters is 1. The van der Waals surface area contributed by atoms with E-state index in [1.165, 1.54) is 31.4 Å². The first kappa shape index (κ1) is 14.7. The Bertz CT molecular complexity index is 463. The largest absolute Gasteiger partial charge is 0.482 e. The number of benzene rings is 1. The lowest BCUT2D eigenvalue weighted by Crippen LogP contribution is -2.12. The highest BCUT2D eigenvalue weighted by molar-refractivity contribution is 5.97. The molecule has 1 N–H and O–H groups in total. The van der Waals surface area contributed by atoms with E-state index in [9.17, 15) is 14.4 Å². The first-order chi connectivity index (χ1) is 9.02.